The number of benzene rings is 1. The van der Waals surface area contributed by atoms with E-state index >= 15 is 0 Å². The lowest BCUT2D eigenvalue weighted by Crippen LogP contribution is -2.45. The fraction of sp³-hybridized carbons (Fsp3) is 0.625. The van der Waals surface area contributed by atoms with Gasteiger partial charge in [-0.1, -0.05) is 27.5 Å². The molecule has 4 heteroatoms. The second-order valence-electron chi connectivity index (χ2n) is 5.90. The molecule has 2 nitrogen and oxygen atoms in total. The predicted octanol–water partition coefficient (Wildman–Crippen LogP) is 4.48. The van der Waals surface area contributed by atoms with Crippen LogP contribution in [0.5, 0.6) is 0 Å². The van der Waals surface area contributed by atoms with Gasteiger partial charge in [-0.05, 0) is 76.5 Å². The molecule has 1 N–H and O–H groups in total. The van der Waals surface area contributed by atoms with E-state index in [-0.39, 0.29) is 0 Å². The third-order valence-corrected chi connectivity index (χ3v) is 5.04. The van der Waals surface area contributed by atoms with Gasteiger partial charge in [0.05, 0.1) is 0 Å². The minimum atomic E-state index is 0.404. The summed E-state index contributed by atoms with van der Waals surface area (Å²) in [6.07, 6.45) is 2.53. The van der Waals surface area contributed by atoms with Gasteiger partial charge in [0.25, 0.3) is 0 Å². The maximum Gasteiger partial charge on any atom is 0.0454 e. The van der Waals surface area contributed by atoms with E-state index in [1.54, 1.807) is 0 Å². The number of likely N-dealkylation sites (tertiary alicyclic amines) is 1. The summed E-state index contributed by atoms with van der Waals surface area (Å²) in [5, 5.41) is 4.23. The van der Waals surface area contributed by atoms with E-state index in [0.717, 1.165) is 22.6 Å². The van der Waals surface area contributed by atoms with Crippen molar-refractivity contribution in [1.82, 2.24) is 10.2 Å². The molecule has 0 aromatic heterocycles. The van der Waals surface area contributed by atoms with Crippen LogP contribution in [0.25, 0.3) is 0 Å². The highest BCUT2D eigenvalue weighted by Crippen LogP contribution is 2.40. The zero-order chi connectivity index (χ0) is 14.7. The van der Waals surface area contributed by atoms with Crippen molar-refractivity contribution in [2.24, 2.45) is 5.92 Å². The number of hydrogen-bond donors (Lipinski definition) is 1. The van der Waals surface area contributed by atoms with Gasteiger partial charge in [-0.2, -0.15) is 0 Å². The fourth-order valence-corrected chi connectivity index (χ4v) is 3.94. The highest BCUT2D eigenvalue weighted by atomic mass is 79.9. The maximum absolute atomic E-state index is 6.50. The van der Waals surface area contributed by atoms with Gasteiger partial charge in [-0.15, -0.1) is 0 Å². The van der Waals surface area contributed by atoms with Crippen molar-refractivity contribution in [1.29, 1.82) is 0 Å². The Bertz CT molecular complexity index is 448. The van der Waals surface area contributed by atoms with E-state index in [1.807, 2.05) is 19.2 Å². The van der Waals surface area contributed by atoms with Crippen LogP contribution in [0.3, 0.4) is 0 Å². The Morgan fingerprint density at radius 1 is 1.45 bits per heavy atom. The standard InChI is InChI=1S/C16H24BrClN2/c1-11(2)20-8-4-5-12(10-19-3)16(20)14-9-13(17)6-7-15(14)18/h6-7,9,11-12,16,19H,4-5,8,10H2,1-3H3. The van der Waals surface area contributed by atoms with Crippen molar-refractivity contribution in [3.63, 3.8) is 0 Å². The Labute approximate surface area is 136 Å². The van der Waals surface area contributed by atoms with Gasteiger partial charge in [-0.25, -0.2) is 0 Å². The minimum absolute atomic E-state index is 0.404. The summed E-state index contributed by atoms with van der Waals surface area (Å²) >= 11 is 10.1. The molecule has 2 atom stereocenters. The summed E-state index contributed by atoms with van der Waals surface area (Å²) in [6, 6.07) is 7.15. The summed E-state index contributed by atoms with van der Waals surface area (Å²) in [4.78, 5) is 2.60. The molecule has 112 valence electrons. The first-order chi connectivity index (χ1) is 9.54. The highest BCUT2D eigenvalue weighted by Gasteiger charge is 2.34. The molecule has 0 bridgehead atoms. The molecule has 0 radical (unpaired) electrons. The average molecular weight is 360 g/mol. The van der Waals surface area contributed by atoms with Crippen LogP contribution in [0.2, 0.25) is 5.02 Å². The molecule has 0 aliphatic carbocycles. The van der Waals surface area contributed by atoms with Crippen LogP contribution < -0.4 is 5.32 Å². The third kappa shape index (κ3) is 3.56. The zero-order valence-electron chi connectivity index (χ0n) is 12.5. The van der Waals surface area contributed by atoms with Crippen molar-refractivity contribution < 1.29 is 0 Å². The molecule has 1 heterocycles. The first-order valence-electron chi connectivity index (χ1n) is 7.40. The normalized spacial score (nSPS) is 24.3. The van der Waals surface area contributed by atoms with E-state index in [4.69, 9.17) is 11.6 Å². The summed E-state index contributed by atoms with van der Waals surface area (Å²) in [5.41, 5.74) is 1.26. The van der Waals surface area contributed by atoms with Crippen molar-refractivity contribution in [3.05, 3.63) is 33.3 Å². The Morgan fingerprint density at radius 2 is 2.20 bits per heavy atom. The monoisotopic (exact) mass is 358 g/mol. The summed E-state index contributed by atoms with van der Waals surface area (Å²) in [5.74, 6) is 0.614. The van der Waals surface area contributed by atoms with E-state index in [9.17, 15) is 0 Å². The van der Waals surface area contributed by atoms with Crippen LogP contribution in [0, 0.1) is 5.92 Å². The largest absolute Gasteiger partial charge is 0.319 e. The van der Waals surface area contributed by atoms with Gasteiger partial charge in [0.15, 0.2) is 0 Å². The number of piperidine rings is 1. The zero-order valence-corrected chi connectivity index (χ0v) is 14.8. The van der Waals surface area contributed by atoms with Gasteiger partial charge in [-0.3, -0.25) is 4.90 Å². The molecule has 0 saturated carbocycles. The van der Waals surface area contributed by atoms with Gasteiger partial charge < -0.3 is 5.32 Å². The van der Waals surface area contributed by atoms with E-state index < -0.39 is 0 Å². The average Bonchev–Trinajstić information content (AvgIpc) is 2.42. The molecule has 1 saturated heterocycles. The minimum Gasteiger partial charge on any atom is -0.319 e. The molecule has 0 spiro atoms. The molecular formula is C16H24BrClN2. The van der Waals surface area contributed by atoms with Gasteiger partial charge in [0, 0.05) is 21.6 Å². The summed E-state index contributed by atoms with van der Waals surface area (Å²) in [6.45, 7) is 6.75. The Balaban J connectivity index is 2.40. The van der Waals surface area contributed by atoms with Crippen molar-refractivity contribution >= 4 is 27.5 Å². The number of halogens is 2. The summed E-state index contributed by atoms with van der Waals surface area (Å²) < 4.78 is 1.11. The van der Waals surface area contributed by atoms with Crippen LogP contribution in [-0.4, -0.2) is 31.1 Å². The van der Waals surface area contributed by atoms with Crippen LogP contribution >= 0.6 is 27.5 Å². The third-order valence-electron chi connectivity index (χ3n) is 4.20. The van der Waals surface area contributed by atoms with Gasteiger partial charge >= 0.3 is 0 Å². The molecule has 20 heavy (non-hydrogen) atoms. The second-order valence-corrected chi connectivity index (χ2v) is 7.23. The van der Waals surface area contributed by atoms with Crippen LogP contribution in [-0.2, 0) is 0 Å². The topological polar surface area (TPSA) is 15.3 Å². The lowest BCUT2D eigenvalue weighted by molar-refractivity contribution is 0.0636. The van der Waals surface area contributed by atoms with Crippen LogP contribution in [0.1, 0.15) is 38.3 Å². The van der Waals surface area contributed by atoms with Crippen LogP contribution in [0.15, 0.2) is 22.7 Å². The maximum atomic E-state index is 6.50. The number of hydrogen-bond acceptors (Lipinski definition) is 2. The number of nitrogens with zero attached hydrogens (tertiary/aromatic N) is 1. The summed E-state index contributed by atoms with van der Waals surface area (Å²) in [7, 11) is 2.04. The van der Waals surface area contributed by atoms with Gasteiger partial charge in [0.1, 0.15) is 0 Å². The Morgan fingerprint density at radius 3 is 2.85 bits per heavy atom. The second kappa shape index (κ2) is 7.26. The van der Waals surface area contributed by atoms with Crippen molar-refractivity contribution in [3.8, 4) is 0 Å². The highest BCUT2D eigenvalue weighted by molar-refractivity contribution is 9.10. The molecule has 0 amide bonds. The van der Waals surface area contributed by atoms with E-state index in [0.29, 0.717) is 18.0 Å². The van der Waals surface area contributed by atoms with Gasteiger partial charge in [0.2, 0.25) is 0 Å². The molecule has 1 aliphatic heterocycles. The molecule has 1 aromatic carbocycles. The molecule has 1 aromatic rings. The first kappa shape index (κ1) is 16.3. The van der Waals surface area contributed by atoms with E-state index in [2.05, 4.69) is 46.1 Å². The van der Waals surface area contributed by atoms with Crippen molar-refractivity contribution in [2.45, 2.75) is 38.8 Å². The number of nitrogens with one attached hydrogen (secondary N) is 1. The molecule has 1 aliphatic rings. The lowest BCUT2D eigenvalue weighted by Gasteiger charge is -2.44. The molecule has 2 rings (SSSR count). The molecule has 2 unspecified atom stereocenters. The SMILES string of the molecule is CNCC1CCCN(C(C)C)C1c1cc(Br)ccc1Cl. The quantitative estimate of drug-likeness (QED) is 0.852. The number of rotatable bonds is 4. The smallest absolute Gasteiger partial charge is 0.0454 e. The molecule has 1 fully saturated rings. The van der Waals surface area contributed by atoms with Crippen LogP contribution in [0.4, 0.5) is 0 Å². The predicted molar refractivity (Wildman–Crippen MR) is 90.4 cm³/mol. The Hall–Kier alpha value is -0.0900. The first-order valence-corrected chi connectivity index (χ1v) is 8.57. The van der Waals surface area contributed by atoms with Crippen molar-refractivity contribution in [2.75, 3.05) is 20.1 Å². The molecular weight excluding hydrogens is 336 g/mol. The van der Waals surface area contributed by atoms with E-state index in [1.165, 1.54) is 18.4 Å². The Kier molecular flexibility index (Phi) is 5.91. The lowest BCUT2D eigenvalue weighted by atomic mass is 9.83. The fourth-order valence-electron chi connectivity index (χ4n) is 3.33.